The van der Waals surface area contributed by atoms with Gasteiger partial charge in [0.05, 0.1) is 19.1 Å². The van der Waals surface area contributed by atoms with Crippen LogP contribution < -0.4 is 11.5 Å². The molecule has 3 aromatic rings. The molecule has 6 N–H and O–H groups in total. The highest BCUT2D eigenvalue weighted by Gasteiger charge is 2.12. The van der Waals surface area contributed by atoms with Crippen molar-refractivity contribution >= 4 is 33.0 Å². The first-order chi connectivity index (χ1) is 13.1. The first kappa shape index (κ1) is 21.1. The van der Waals surface area contributed by atoms with E-state index in [1.165, 1.54) is 0 Å². The van der Waals surface area contributed by atoms with E-state index in [9.17, 15) is 18.3 Å². The van der Waals surface area contributed by atoms with Crippen molar-refractivity contribution in [2.24, 2.45) is 16.5 Å². The molecular weight excluding hydrogens is 386 g/mol. The number of guanidine groups is 1. The molecule has 0 aliphatic rings. The number of aliphatic hydroxyl groups is 1. The van der Waals surface area contributed by atoms with Gasteiger partial charge in [0.25, 0.3) is 16.0 Å². The van der Waals surface area contributed by atoms with Crippen LogP contribution in [0.3, 0.4) is 0 Å². The predicted octanol–water partition coefficient (Wildman–Crippen LogP) is 1.51. The summed E-state index contributed by atoms with van der Waals surface area (Å²) in [6.07, 6.45) is 2.32. The molecule has 0 atom stereocenters. The number of rotatable bonds is 3. The van der Waals surface area contributed by atoms with Crippen LogP contribution in [0.15, 0.2) is 58.1 Å². The van der Waals surface area contributed by atoms with Crippen LogP contribution in [0.1, 0.15) is 15.9 Å². The first-order valence-electron chi connectivity index (χ1n) is 7.86. The topological polar surface area (TPSA) is 169 Å². The Morgan fingerprint density at radius 1 is 1.18 bits per heavy atom. The summed E-state index contributed by atoms with van der Waals surface area (Å²) in [7, 11) is -3.67. The fourth-order valence-corrected chi connectivity index (χ4v) is 2.49. The summed E-state index contributed by atoms with van der Waals surface area (Å²) in [5.41, 5.74) is 13.8. The van der Waals surface area contributed by atoms with Crippen LogP contribution in [0, 0.1) is 0 Å². The normalized spacial score (nSPS) is 10.8. The van der Waals surface area contributed by atoms with Crippen LogP contribution in [0.5, 0.6) is 0 Å². The van der Waals surface area contributed by atoms with E-state index < -0.39 is 16.0 Å². The largest absolute Gasteiger partial charge is 0.464 e. The molecule has 10 heteroatoms. The number of aliphatic imine (C=N–C) groups is 1. The van der Waals surface area contributed by atoms with Gasteiger partial charge in [0.2, 0.25) is 0 Å². The van der Waals surface area contributed by atoms with Gasteiger partial charge in [-0.25, -0.2) is 0 Å². The number of fused-ring (bicyclic) bond motifs is 1. The minimum atomic E-state index is -3.67. The average molecular weight is 405 g/mol. The van der Waals surface area contributed by atoms with E-state index >= 15 is 0 Å². The average Bonchev–Trinajstić information content (AvgIpc) is 3.08. The smallest absolute Gasteiger partial charge is 0.280 e. The third-order valence-electron chi connectivity index (χ3n) is 3.46. The highest BCUT2D eigenvalue weighted by Crippen LogP contribution is 2.31. The number of carbonyl (C=O) groups excluding carboxylic acids is 1. The maximum absolute atomic E-state index is 12.1. The van der Waals surface area contributed by atoms with Gasteiger partial charge in [0, 0.05) is 10.9 Å². The van der Waals surface area contributed by atoms with Gasteiger partial charge in [-0.3, -0.25) is 9.35 Å². The zero-order valence-corrected chi connectivity index (χ0v) is 15.7. The second-order valence-electron chi connectivity index (χ2n) is 5.79. The second kappa shape index (κ2) is 8.65. The molecule has 0 saturated carbocycles. The summed E-state index contributed by atoms with van der Waals surface area (Å²) in [6.45, 7) is -0.197. The third-order valence-corrected chi connectivity index (χ3v) is 3.46. The number of benzene rings is 2. The van der Waals surface area contributed by atoms with Gasteiger partial charge in [0.1, 0.15) is 5.58 Å². The molecule has 0 fully saturated rings. The number of amides is 1. The molecule has 0 spiro atoms. The molecule has 2 aromatic carbocycles. The number of hydrogen-bond donors (Lipinski definition) is 4. The Balaban J connectivity index is 0.000000500. The lowest BCUT2D eigenvalue weighted by molar-refractivity contribution is 0.100. The maximum Gasteiger partial charge on any atom is 0.280 e. The summed E-state index contributed by atoms with van der Waals surface area (Å²) in [6, 6.07) is 12.6. The Morgan fingerprint density at radius 3 is 2.46 bits per heavy atom. The Kier molecular flexibility index (Phi) is 6.52. The predicted molar refractivity (Wildman–Crippen MR) is 105 cm³/mol. The lowest BCUT2D eigenvalue weighted by atomic mass is 9.97. The molecule has 28 heavy (non-hydrogen) atoms. The fourth-order valence-electron chi connectivity index (χ4n) is 2.49. The number of nitrogens with zero attached hydrogens (tertiary/aromatic N) is 1. The minimum absolute atomic E-state index is 0.197. The molecule has 0 saturated heterocycles. The molecule has 0 bridgehead atoms. The number of hydrogen-bond acceptors (Lipinski definition) is 5. The van der Waals surface area contributed by atoms with Gasteiger partial charge in [0.15, 0.2) is 5.96 Å². The number of aliphatic hydroxyl groups excluding tert-OH is 1. The number of furan rings is 1. The van der Waals surface area contributed by atoms with Crippen molar-refractivity contribution in [3.8, 4) is 11.1 Å². The minimum Gasteiger partial charge on any atom is -0.464 e. The van der Waals surface area contributed by atoms with Crippen LogP contribution in [0.4, 0.5) is 0 Å². The maximum atomic E-state index is 12.1. The van der Waals surface area contributed by atoms with E-state index in [0.29, 0.717) is 17.4 Å². The summed E-state index contributed by atoms with van der Waals surface area (Å²) in [5.74, 6) is -0.858. The molecule has 3 rings (SSSR count). The van der Waals surface area contributed by atoms with Crippen LogP contribution in [0.2, 0.25) is 0 Å². The molecule has 0 aliphatic carbocycles. The highest BCUT2D eigenvalue weighted by atomic mass is 32.2. The summed E-state index contributed by atoms with van der Waals surface area (Å²) >= 11 is 0. The standard InChI is InChI=1S/C17H15N3O3.CH4O3S/c18-17(19)20-16(22)12-7-10(9-21)6-11(8-12)13-2-1-3-15-14(13)4-5-23-15;1-5(2,3)4/h1-8,21H,9H2,(H4,18,19,20,22);1H3,(H,2,3,4). The van der Waals surface area contributed by atoms with Gasteiger partial charge >= 0.3 is 0 Å². The van der Waals surface area contributed by atoms with Gasteiger partial charge in [-0.2, -0.15) is 13.4 Å². The van der Waals surface area contributed by atoms with E-state index in [-0.39, 0.29) is 12.6 Å². The van der Waals surface area contributed by atoms with Crippen LogP contribution in [-0.4, -0.2) is 36.2 Å². The Bertz CT molecular complexity index is 1120. The molecule has 0 radical (unpaired) electrons. The molecule has 1 amide bonds. The Labute approximate surface area is 161 Å². The lowest BCUT2D eigenvalue weighted by Gasteiger charge is -2.08. The summed E-state index contributed by atoms with van der Waals surface area (Å²) < 4.78 is 31.3. The Hall–Kier alpha value is -3.21. The highest BCUT2D eigenvalue weighted by molar-refractivity contribution is 7.85. The quantitative estimate of drug-likeness (QED) is 0.289. The van der Waals surface area contributed by atoms with Crippen LogP contribution >= 0.6 is 0 Å². The Morgan fingerprint density at radius 2 is 1.86 bits per heavy atom. The van der Waals surface area contributed by atoms with Crippen molar-refractivity contribution in [3.63, 3.8) is 0 Å². The molecule has 1 heterocycles. The lowest BCUT2D eigenvalue weighted by Crippen LogP contribution is -2.24. The fraction of sp³-hybridized carbons (Fsp3) is 0.111. The molecule has 1 aromatic heterocycles. The van der Waals surface area contributed by atoms with Crippen LogP contribution in [-0.2, 0) is 16.7 Å². The molecule has 9 nitrogen and oxygen atoms in total. The van der Waals surface area contributed by atoms with E-state index in [1.54, 1.807) is 18.4 Å². The summed E-state index contributed by atoms with van der Waals surface area (Å²) in [4.78, 5) is 15.6. The van der Waals surface area contributed by atoms with Crippen molar-refractivity contribution in [2.45, 2.75) is 6.61 Å². The van der Waals surface area contributed by atoms with E-state index in [2.05, 4.69) is 4.99 Å². The third kappa shape index (κ3) is 5.91. The van der Waals surface area contributed by atoms with Gasteiger partial charge in [-0.1, -0.05) is 12.1 Å². The van der Waals surface area contributed by atoms with Crippen molar-refractivity contribution < 1.29 is 27.3 Å². The molecular formula is C18H19N3O6S. The van der Waals surface area contributed by atoms with Crippen molar-refractivity contribution in [3.05, 3.63) is 59.9 Å². The zero-order valence-electron chi connectivity index (χ0n) is 14.9. The van der Waals surface area contributed by atoms with E-state index in [0.717, 1.165) is 22.1 Å². The molecule has 0 unspecified atom stereocenters. The second-order valence-corrected chi connectivity index (χ2v) is 7.26. The molecule has 0 aliphatic heterocycles. The monoisotopic (exact) mass is 405 g/mol. The van der Waals surface area contributed by atoms with Gasteiger partial charge < -0.3 is 21.0 Å². The van der Waals surface area contributed by atoms with Crippen LogP contribution in [0.25, 0.3) is 22.1 Å². The first-order valence-corrected chi connectivity index (χ1v) is 9.71. The zero-order chi connectivity index (χ0) is 20.9. The SMILES string of the molecule is CS(=O)(=O)O.NC(N)=NC(=O)c1cc(CO)cc(-c2cccc3occc23)c1. The van der Waals surface area contributed by atoms with E-state index in [1.807, 2.05) is 30.3 Å². The number of nitrogens with two attached hydrogens (primary N) is 2. The van der Waals surface area contributed by atoms with Crippen molar-refractivity contribution in [1.82, 2.24) is 0 Å². The van der Waals surface area contributed by atoms with Gasteiger partial charge in [-0.15, -0.1) is 0 Å². The molecule has 148 valence electrons. The van der Waals surface area contributed by atoms with Crippen molar-refractivity contribution in [2.75, 3.05) is 6.26 Å². The number of carbonyl (C=O) groups is 1. The van der Waals surface area contributed by atoms with E-state index in [4.69, 9.17) is 20.4 Å². The summed E-state index contributed by atoms with van der Waals surface area (Å²) in [5, 5.41) is 10.4. The van der Waals surface area contributed by atoms with Gasteiger partial charge in [-0.05, 0) is 47.0 Å². The van der Waals surface area contributed by atoms with Crippen molar-refractivity contribution in [1.29, 1.82) is 0 Å².